The van der Waals surface area contributed by atoms with Gasteiger partial charge in [0.25, 0.3) is 0 Å². The van der Waals surface area contributed by atoms with Gasteiger partial charge >= 0.3 is 0 Å². The second kappa shape index (κ2) is 7.96. The summed E-state index contributed by atoms with van der Waals surface area (Å²) in [6, 6.07) is 0.941. The van der Waals surface area contributed by atoms with Gasteiger partial charge in [0.05, 0.1) is 12.1 Å². The number of carbonyl (C=O) groups is 1. The predicted octanol–water partition coefficient (Wildman–Crippen LogP) is 1.62. The summed E-state index contributed by atoms with van der Waals surface area (Å²) >= 11 is 0. The molecule has 0 bridgehead atoms. The van der Waals surface area contributed by atoms with Gasteiger partial charge in [-0.3, -0.25) is 9.69 Å². The fourth-order valence-electron chi connectivity index (χ4n) is 4.22. The molecule has 148 valence electrons. The third-order valence-corrected chi connectivity index (χ3v) is 5.98. The molecule has 4 rings (SSSR count). The Kier molecular flexibility index (Phi) is 5.43. The molecule has 0 aromatic carbocycles. The van der Waals surface area contributed by atoms with Crippen molar-refractivity contribution < 1.29 is 9.18 Å². The van der Waals surface area contributed by atoms with Crippen LogP contribution in [0.15, 0.2) is 6.20 Å². The summed E-state index contributed by atoms with van der Waals surface area (Å²) in [5.74, 6) is 0.775. The SMILES string of the molecule is CNc1nc(N2CCC(N3CCC[C@H](C(=O)NC4CC4)C3)CC2)ncc1F. The second-order valence-electron chi connectivity index (χ2n) is 7.95. The molecule has 1 amide bonds. The van der Waals surface area contributed by atoms with Gasteiger partial charge in [-0.05, 0) is 45.1 Å². The van der Waals surface area contributed by atoms with Crippen molar-refractivity contribution in [2.75, 3.05) is 43.4 Å². The summed E-state index contributed by atoms with van der Waals surface area (Å²) in [7, 11) is 1.66. The normalized spacial score (nSPS) is 24.7. The predicted molar refractivity (Wildman–Crippen MR) is 102 cm³/mol. The van der Waals surface area contributed by atoms with Crippen LogP contribution in [0.4, 0.5) is 16.2 Å². The van der Waals surface area contributed by atoms with E-state index in [9.17, 15) is 9.18 Å². The topological polar surface area (TPSA) is 73.4 Å². The number of aromatic nitrogens is 2. The number of halogens is 1. The highest BCUT2D eigenvalue weighted by Gasteiger charge is 2.34. The molecule has 2 saturated heterocycles. The third-order valence-electron chi connectivity index (χ3n) is 5.98. The first kappa shape index (κ1) is 18.4. The lowest BCUT2D eigenvalue weighted by atomic mass is 9.93. The Bertz CT molecular complexity index is 674. The average molecular weight is 376 g/mol. The highest BCUT2D eigenvalue weighted by molar-refractivity contribution is 5.79. The number of nitrogens with one attached hydrogen (secondary N) is 2. The molecule has 3 fully saturated rings. The molecule has 1 atom stereocenters. The van der Waals surface area contributed by atoms with Crippen LogP contribution in [0.1, 0.15) is 38.5 Å². The summed E-state index contributed by atoms with van der Waals surface area (Å²) in [6.07, 6.45) is 7.65. The zero-order chi connectivity index (χ0) is 18.8. The van der Waals surface area contributed by atoms with Crippen LogP contribution in [0.3, 0.4) is 0 Å². The minimum absolute atomic E-state index is 0.135. The maximum atomic E-state index is 13.6. The van der Waals surface area contributed by atoms with Gasteiger partial charge in [0.1, 0.15) is 0 Å². The second-order valence-corrected chi connectivity index (χ2v) is 7.95. The Morgan fingerprint density at radius 1 is 1.19 bits per heavy atom. The molecule has 2 aliphatic heterocycles. The Morgan fingerprint density at radius 3 is 2.67 bits per heavy atom. The van der Waals surface area contributed by atoms with Crippen LogP contribution in [0.2, 0.25) is 0 Å². The molecule has 0 unspecified atom stereocenters. The maximum Gasteiger partial charge on any atom is 0.227 e. The van der Waals surface area contributed by atoms with Crippen LogP contribution < -0.4 is 15.5 Å². The van der Waals surface area contributed by atoms with E-state index in [1.807, 2.05) is 0 Å². The number of hydrogen-bond donors (Lipinski definition) is 2. The largest absolute Gasteiger partial charge is 0.371 e. The highest BCUT2D eigenvalue weighted by atomic mass is 19.1. The maximum absolute atomic E-state index is 13.6. The number of carbonyl (C=O) groups excluding carboxylic acids is 1. The molecule has 1 aliphatic carbocycles. The van der Waals surface area contributed by atoms with E-state index in [4.69, 9.17) is 0 Å². The van der Waals surface area contributed by atoms with E-state index in [2.05, 4.69) is 30.4 Å². The Morgan fingerprint density at radius 2 is 1.96 bits per heavy atom. The van der Waals surface area contributed by atoms with Gasteiger partial charge in [-0.2, -0.15) is 4.98 Å². The van der Waals surface area contributed by atoms with Gasteiger partial charge in [-0.25, -0.2) is 9.37 Å². The van der Waals surface area contributed by atoms with Crippen molar-refractivity contribution in [1.29, 1.82) is 0 Å². The number of nitrogens with zero attached hydrogens (tertiary/aromatic N) is 4. The highest BCUT2D eigenvalue weighted by Crippen LogP contribution is 2.27. The fourth-order valence-corrected chi connectivity index (χ4v) is 4.22. The lowest BCUT2D eigenvalue weighted by Crippen LogP contribution is -2.51. The Balaban J connectivity index is 1.31. The lowest BCUT2D eigenvalue weighted by Gasteiger charge is -2.42. The Labute approximate surface area is 159 Å². The molecule has 27 heavy (non-hydrogen) atoms. The molecular formula is C19H29FN6O. The minimum atomic E-state index is -0.431. The molecule has 1 aromatic heterocycles. The van der Waals surface area contributed by atoms with Crippen molar-refractivity contribution in [2.24, 2.45) is 5.92 Å². The van der Waals surface area contributed by atoms with E-state index in [0.717, 1.165) is 64.7 Å². The number of piperidine rings is 2. The van der Waals surface area contributed by atoms with Crippen LogP contribution in [0.5, 0.6) is 0 Å². The summed E-state index contributed by atoms with van der Waals surface area (Å²) in [6.45, 7) is 3.67. The van der Waals surface area contributed by atoms with Crippen LogP contribution in [0.25, 0.3) is 0 Å². The van der Waals surface area contributed by atoms with Gasteiger partial charge in [0.15, 0.2) is 11.6 Å². The van der Waals surface area contributed by atoms with E-state index in [1.165, 1.54) is 6.20 Å². The molecule has 1 aromatic rings. The van der Waals surface area contributed by atoms with Crippen LogP contribution in [0, 0.1) is 11.7 Å². The third kappa shape index (κ3) is 4.31. The van der Waals surface area contributed by atoms with E-state index in [-0.39, 0.29) is 17.6 Å². The zero-order valence-electron chi connectivity index (χ0n) is 16.0. The fraction of sp³-hybridized carbons (Fsp3) is 0.737. The minimum Gasteiger partial charge on any atom is -0.371 e. The van der Waals surface area contributed by atoms with Gasteiger partial charge in [0.2, 0.25) is 11.9 Å². The van der Waals surface area contributed by atoms with E-state index < -0.39 is 5.82 Å². The van der Waals surface area contributed by atoms with Gasteiger partial charge in [-0.15, -0.1) is 0 Å². The summed E-state index contributed by atoms with van der Waals surface area (Å²) in [5, 5.41) is 5.93. The molecular weight excluding hydrogens is 347 g/mol. The smallest absolute Gasteiger partial charge is 0.227 e. The molecule has 3 heterocycles. The van der Waals surface area contributed by atoms with Gasteiger partial charge < -0.3 is 15.5 Å². The van der Waals surface area contributed by atoms with E-state index >= 15 is 0 Å². The number of rotatable bonds is 5. The number of anilines is 2. The number of hydrogen-bond acceptors (Lipinski definition) is 6. The van der Waals surface area contributed by atoms with Gasteiger partial charge in [-0.1, -0.05) is 0 Å². The van der Waals surface area contributed by atoms with Crippen molar-refractivity contribution >= 4 is 17.7 Å². The van der Waals surface area contributed by atoms with Crippen LogP contribution in [-0.2, 0) is 4.79 Å². The van der Waals surface area contributed by atoms with Crippen molar-refractivity contribution in [3.63, 3.8) is 0 Å². The van der Waals surface area contributed by atoms with Crippen molar-refractivity contribution in [1.82, 2.24) is 20.2 Å². The molecule has 2 N–H and O–H groups in total. The van der Waals surface area contributed by atoms with Crippen molar-refractivity contribution in [3.8, 4) is 0 Å². The summed E-state index contributed by atoms with van der Waals surface area (Å²) in [5.41, 5.74) is 0. The summed E-state index contributed by atoms with van der Waals surface area (Å²) < 4.78 is 13.6. The first-order chi connectivity index (χ1) is 13.1. The quantitative estimate of drug-likeness (QED) is 0.814. The van der Waals surface area contributed by atoms with Crippen molar-refractivity contribution in [2.45, 2.75) is 50.6 Å². The van der Waals surface area contributed by atoms with Crippen molar-refractivity contribution in [3.05, 3.63) is 12.0 Å². The number of likely N-dealkylation sites (tertiary alicyclic amines) is 1. The van der Waals surface area contributed by atoms with E-state index in [1.54, 1.807) is 7.05 Å². The zero-order valence-corrected chi connectivity index (χ0v) is 16.0. The summed E-state index contributed by atoms with van der Waals surface area (Å²) in [4.78, 5) is 25.5. The first-order valence-electron chi connectivity index (χ1n) is 10.1. The monoisotopic (exact) mass is 376 g/mol. The molecule has 0 radical (unpaired) electrons. The lowest BCUT2D eigenvalue weighted by molar-refractivity contribution is -0.127. The number of amides is 1. The molecule has 0 spiro atoms. The van der Waals surface area contributed by atoms with Crippen LogP contribution >= 0.6 is 0 Å². The molecule has 8 heteroatoms. The first-order valence-corrected chi connectivity index (χ1v) is 10.1. The molecule has 1 saturated carbocycles. The standard InChI is InChI=1S/C19H29FN6O/c1-21-17-16(20)11-22-19(24-17)25-9-6-15(7-10-25)26-8-2-3-13(12-26)18(27)23-14-4-5-14/h11,13-15H,2-10,12H2,1H3,(H,23,27)(H,21,22,24)/t13-/m0/s1. The van der Waals surface area contributed by atoms with Crippen LogP contribution in [-0.4, -0.2) is 66.1 Å². The molecule has 3 aliphatic rings. The van der Waals surface area contributed by atoms with Gasteiger partial charge in [0, 0.05) is 38.8 Å². The Hall–Kier alpha value is -1.96. The van der Waals surface area contributed by atoms with E-state index in [0.29, 0.717) is 18.0 Å². The molecule has 7 nitrogen and oxygen atoms in total. The average Bonchev–Trinajstić information content (AvgIpc) is 3.52.